The van der Waals surface area contributed by atoms with E-state index in [1.54, 1.807) is 16.9 Å². The lowest BCUT2D eigenvalue weighted by molar-refractivity contribution is -0.384. The minimum absolute atomic E-state index is 0.00388. The first-order chi connectivity index (χ1) is 11.5. The molecule has 8 heteroatoms. The van der Waals surface area contributed by atoms with Crippen molar-refractivity contribution in [2.24, 2.45) is 0 Å². The molecule has 3 rings (SSSR count). The number of nitrogens with zero attached hydrogens (tertiary/aromatic N) is 3. The first-order valence-electron chi connectivity index (χ1n) is 6.91. The SMILES string of the molecule is O=C(Nc1ccn(-c2ccccc2)n1)c1ccc([N+](=O)[O-])cc1Cl. The molecule has 0 radical (unpaired) electrons. The second kappa shape index (κ2) is 6.51. The van der Waals surface area contributed by atoms with Crippen LogP contribution in [0.25, 0.3) is 5.69 Å². The van der Waals surface area contributed by atoms with Crippen LogP contribution in [0.15, 0.2) is 60.8 Å². The van der Waals surface area contributed by atoms with Crippen LogP contribution in [-0.2, 0) is 0 Å². The van der Waals surface area contributed by atoms with Crippen LogP contribution in [0, 0.1) is 10.1 Å². The molecule has 3 aromatic rings. The van der Waals surface area contributed by atoms with Gasteiger partial charge in [-0.3, -0.25) is 14.9 Å². The number of rotatable bonds is 4. The van der Waals surface area contributed by atoms with Gasteiger partial charge in [-0.05, 0) is 18.2 Å². The van der Waals surface area contributed by atoms with E-state index in [-0.39, 0.29) is 16.3 Å². The zero-order chi connectivity index (χ0) is 17.1. The highest BCUT2D eigenvalue weighted by Gasteiger charge is 2.16. The average Bonchev–Trinajstić information content (AvgIpc) is 3.03. The monoisotopic (exact) mass is 342 g/mol. The number of hydrogen-bond donors (Lipinski definition) is 1. The Kier molecular flexibility index (Phi) is 4.26. The van der Waals surface area contributed by atoms with Crippen molar-refractivity contribution < 1.29 is 9.72 Å². The summed E-state index contributed by atoms with van der Waals surface area (Å²) in [6.07, 6.45) is 1.71. The number of nitro benzene ring substituents is 1. The van der Waals surface area contributed by atoms with Crippen LogP contribution >= 0.6 is 11.6 Å². The molecule has 0 saturated carbocycles. The molecule has 0 aliphatic heterocycles. The summed E-state index contributed by atoms with van der Waals surface area (Å²) in [6.45, 7) is 0. The Morgan fingerprint density at radius 1 is 1.17 bits per heavy atom. The quantitative estimate of drug-likeness (QED) is 0.578. The van der Waals surface area contributed by atoms with E-state index in [1.165, 1.54) is 12.1 Å². The zero-order valence-electron chi connectivity index (χ0n) is 12.2. The number of carbonyl (C=O) groups excluding carboxylic acids is 1. The molecule has 7 nitrogen and oxygen atoms in total. The molecule has 0 atom stereocenters. The third-order valence-corrected chi connectivity index (χ3v) is 3.57. The Morgan fingerprint density at radius 3 is 2.58 bits per heavy atom. The van der Waals surface area contributed by atoms with Gasteiger partial charge in [0.1, 0.15) is 0 Å². The summed E-state index contributed by atoms with van der Waals surface area (Å²) in [5.74, 6) is -0.147. The van der Waals surface area contributed by atoms with E-state index in [0.29, 0.717) is 5.82 Å². The second-order valence-corrected chi connectivity index (χ2v) is 5.26. The molecule has 1 amide bonds. The largest absolute Gasteiger partial charge is 0.305 e. The lowest BCUT2D eigenvalue weighted by atomic mass is 10.2. The van der Waals surface area contributed by atoms with Crippen LogP contribution in [0.2, 0.25) is 5.02 Å². The van der Waals surface area contributed by atoms with Crippen molar-refractivity contribution in [1.29, 1.82) is 0 Å². The van der Waals surface area contributed by atoms with Gasteiger partial charge in [-0.15, -0.1) is 0 Å². The lowest BCUT2D eigenvalue weighted by Gasteiger charge is -2.04. The minimum Gasteiger partial charge on any atom is -0.305 e. The standard InChI is InChI=1S/C16H11ClN4O3/c17-14-10-12(21(23)24)6-7-13(14)16(22)18-15-8-9-20(19-15)11-4-2-1-3-5-11/h1-10H,(H,18,19,22). The van der Waals surface area contributed by atoms with Crippen molar-refractivity contribution in [3.63, 3.8) is 0 Å². The van der Waals surface area contributed by atoms with E-state index in [1.807, 2.05) is 30.3 Å². The molecule has 1 aromatic heterocycles. The summed E-state index contributed by atoms with van der Waals surface area (Å²) in [5, 5.41) is 17.6. The highest BCUT2D eigenvalue weighted by Crippen LogP contribution is 2.23. The number of nitro groups is 1. The van der Waals surface area contributed by atoms with Crippen LogP contribution in [-0.4, -0.2) is 20.6 Å². The van der Waals surface area contributed by atoms with Crippen molar-refractivity contribution in [3.05, 3.63) is 81.5 Å². The Labute approximate surface area is 141 Å². The van der Waals surface area contributed by atoms with Crippen molar-refractivity contribution in [2.45, 2.75) is 0 Å². The highest BCUT2D eigenvalue weighted by atomic mass is 35.5. The summed E-state index contributed by atoms with van der Waals surface area (Å²) in [7, 11) is 0. The van der Waals surface area contributed by atoms with Crippen molar-refractivity contribution >= 4 is 29.0 Å². The molecule has 0 saturated heterocycles. The first kappa shape index (κ1) is 15.7. The molecular weight excluding hydrogens is 332 g/mol. The van der Waals surface area contributed by atoms with Crippen LogP contribution in [0.5, 0.6) is 0 Å². The Bertz CT molecular complexity index is 909. The number of aromatic nitrogens is 2. The average molecular weight is 343 g/mol. The molecule has 2 aromatic carbocycles. The predicted octanol–water partition coefficient (Wildman–Crippen LogP) is 3.69. The summed E-state index contributed by atoms with van der Waals surface area (Å²) in [4.78, 5) is 22.4. The number of anilines is 1. The van der Waals surface area contributed by atoms with E-state index in [2.05, 4.69) is 10.4 Å². The minimum atomic E-state index is -0.574. The van der Waals surface area contributed by atoms with Gasteiger partial charge in [-0.2, -0.15) is 5.10 Å². The van der Waals surface area contributed by atoms with Gasteiger partial charge in [0.05, 0.1) is 21.2 Å². The van der Waals surface area contributed by atoms with Gasteiger partial charge in [0.25, 0.3) is 11.6 Å². The van der Waals surface area contributed by atoms with Crippen molar-refractivity contribution in [1.82, 2.24) is 9.78 Å². The summed E-state index contributed by atoms with van der Waals surface area (Å²) < 4.78 is 1.62. The number of non-ortho nitro benzene ring substituents is 1. The maximum absolute atomic E-state index is 12.2. The Morgan fingerprint density at radius 2 is 1.92 bits per heavy atom. The predicted molar refractivity (Wildman–Crippen MR) is 89.6 cm³/mol. The molecular formula is C16H11ClN4O3. The maximum atomic E-state index is 12.2. The summed E-state index contributed by atoms with van der Waals surface area (Å²) >= 11 is 5.94. The molecule has 0 aliphatic carbocycles. The van der Waals surface area contributed by atoms with Crippen LogP contribution in [0.3, 0.4) is 0 Å². The fourth-order valence-corrected chi connectivity index (χ4v) is 2.36. The third kappa shape index (κ3) is 3.26. The second-order valence-electron chi connectivity index (χ2n) is 4.86. The lowest BCUT2D eigenvalue weighted by Crippen LogP contribution is -2.13. The van der Waals surface area contributed by atoms with E-state index in [9.17, 15) is 14.9 Å². The fourth-order valence-electron chi connectivity index (χ4n) is 2.10. The molecule has 120 valence electrons. The molecule has 0 spiro atoms. The summed E-state index contributed by atoms with van der Waals surface area (Å²) in [5.41, 5.74) is 0.813. The van der Waals surface area contributed by atoms with E-state index < -0.39 is 10.8 Å². The van der Waals surface area contributed by atoms with Gasteiger partial charge in [0, 0.05) is 24.4 Å². The van der Waals surface area contributed by atoms with Gasteiger partial charge < -0.3 is 5.32 Å². The van der Waals surface area contributed by atoms with Crippen molar-refractivity contribution in [3.8, 4) is 5.69 Å². The molecule has 0 bridgehead atoms. The van der Waals surface area contributed by atoms with Gasteiger partial charge in [0.2, 0.25) is 0 Å². The normalized spacial score (nSPS) is 10.4. The van der Waals surface area contributed by atoms with Gasteiger partial charge in [0.15, 0.2) is 5.82 Å². The highest BCUT2D eigenvalue weighted by molar-refractivity contribution is 6.34. The maximum Gasteiger partial charge on any atom is 0.270 e. The van der Waals surface area contributed by atoms with Gasteiger partial charge >= 0.3 is 0 Å². The van der Waals surface area contributed by atoms with Crippen molar-refractivity contribution in [2.75, 3.05) is 5.32 Å². The third-order valence-electron chi connectivity index (χ3n) is 3.26. The number of hydrogen-bond acceptors (Lipinski definition) is 4. The van der Waals surface area contributed by atoms with E-state index in [0.717, 1.165) is 11.8 Å². The molecule has 24 heavy (non-hydrogen) atoms. The molecule has 1 N–H and O–H groups in total. The number of amides is 1. The number of benzene rings is 2. The molecule has 0 fully saturated rings. The number of para-hydroxylation sites is 1. The summed E-state index contributed by atoms with van der Waals surface area (Å²) in [6, 6.07) is 14.7. The smallest absolute Gasteiger partial charge is 0.270 e. The number of nitrogens with one attached hydrogen (secondary N) is 1. The topological polar surface area (TPSA) is 90.1 Å². The Balaban J connectivity index is 1.78. The first-order valence-corrected chi connectivity index (χ1v) is 7.29. The Hall–Kier alpha value is -3.19. The number of carbonyl (C=O) groups is 1. The molecule has 1 heterocycles. The number of halogens is 1. The molecule has 0 unspecified atom stereocenters. The van der Waals surface area contributed by atoms with E-state index >= 15 is 0 Å². The fraction of sp³-hybridized carbons (Fsp3) is 0. The van der Waals surface area contributed by atoms with Gasteiger partial charge in [-0.1, -0.05) is 29.8 Å². The van der Waals surface area contributed by atoms with Crippen LogP contribution in [0.4, 0.5) is 11.5 Å². The molecule has 0 aliphatic rings. The zero-order valence-corrected chi connectivity index (χ0v) is 13.0. The van der Waals surface area contributed by atoms with E-state index in [4.69, 9.17) is 11.6 Å². The van der Waals surface area contributed by atoms with Crippen LogP contribution < -0.4 is 5.32 Å². The van der Waals surface area contributed by atoms with Gasteiger partial charge in [-0.25, -0.2) is 4.68 Å². The van der Waals surface area contributed by atoms with Crippen LogP contribution in [0.1, 0.15) is 10.4 Å².